The predicted molar refractivity (Wildman–Crippen MR) is 84.0 cm³/mol. The zero-order chi connectivity index (χ0) is 15.6. The van der Waals surface area contributed by atoms with Gasteiger partial charge in [-0.05, 0) is 31.0 Å². The number of rotatable bonds is 4. The Labute approximate surface area is 131 Å². The van der Waals surface area contributed by atoms with E-state index in [9.17, 15) is 8.42 Å². The molecule has 2 aliphatic heterocycles. The van der Waals surface area contributed by atoms with Gasteiger partial charge in [0.05, 0.1) is 30.9 Å². The summed E-state index contributed by atoms with van der Waals surface area (Å²) in [6.07, 6.45) is 2.26. The van der Waals surface area contributed by atoms with Crippen LogP contribution in [0.1, 0.15) is 12.8 Å². The van der Waals surface area contributed by atoms with Crippen molar-refractivity contribution in [2.45, 2.75) is 17.7 Å². The Bertz CT molecular complexity index is 620. The average molecular weight is 326 g/mol. The molecule has 2 aliphatic rings. The van der Waals surface area contributed by atoms with Crippen LogP contribution in [0.15, 0.2) is 23.1 Å². The Morgan fingerprint density at radius 2 is 1.77 bits per heavy atom. The highest BCUT2D eigenvalue weighted by molar-refractivity contribution is 7.89. The van der Waals surface area contributed by atoms with Crippen molar-refractivity contribution in [1.82, 2.24) is 4.31 Å². The normalized spacial score (nSPS) is 20.3. The quantitative estimate of drug-likeness (QED) is 0.835. The van der Waals surface area contributed by atoms with Gasteiger partial charge in [-0.25, -0.2) is 8.42 Å². The zero-order valence-electron chi connectivity index (χ0n) is 12.8. The van der Waals surface area contributed by atoms with Crippen molar-refractivity contribution in [2.24, 2.45) is 0 Å². The minimum atomic E-state index is -3.47. The summed E-state index contributed by atoms with van der Waals surface area (Å²) in [5.74, 6) is 0.725. The minimum Gasteiger partial charge on any atom is -0.495 e. The molecule has 0 radical (unpaired) electrons. The largest absolute Gasteiger partial charge is 0.495 e. The number of hydrogen-bond donors (Lipinski definition) is 0. The highest BCUT2D eigenvalue weighted by atomic mass is 32.2. The van der Waals surface area contributed by atoms with Crippen LogP contribution in [-0.4, -0.2) is 59.2 Å². The second kappa shape index (κ2) is 6.44. The number of ether oxygens (including phenoxy) is 2. The molecule has 0 bridgehead atoms. The minimum absolute atomic E-state index is 0.331. The Balaban J connectivity index is 1.94. The van der Waals surface area contributed by atoms with E-state index in [1.807, 2.05) is 0 Å². The molecule has 2 saturated heterocycles. The maximum Gasteiger partial charge on any atom is 0.243 e. The van der Waals surface area contributed by atoms with Gasteiger partial charge in [-0.15, -0.1) is 0 Å². The zero-order valence-corrected chi connectivity index (χ0v) is 13.6. The first-order valence-corrected chi connectivity index (χ1v) is 9.08. The van der Waals surface area contributed by atoms with Gasteiger partial charge in [-0.3, -0.25) is 0 Å². The second-order valence-corrected chi connectivity index (χ2v) is 7.48. The molecular formula is C15H22N2O4S. The molecule has 0 aromatic heterocycles. The average Bonchev–Trinajstić information content (AvgIpc) is 3.09. The molecule has 2 heterocycles. The fraction of sp³-hybridized carbons (Fsp3) is 0.600. The van der Waals surface area contributed by atoms with Crippen LogP contribution in [0.5, 0.6) is 5.75 Å². The van der Waals surface area contributed by atoms with Crippen LogP contribution in [0.2, 0.25) is 0 Å². The molecule has 1 aromatic rings. The van der Waals surface area contributed by atoms with Gasteiger partial charge >= 0.3 is 0 Å². The summed E-state index contributed by atoms with van der Waals surface area (Å²) in [6, 6.07) is 5.12. The first kappa shape index (κ1) is 15.6. The molecule has 0 saturated carbocycles. The lowest BCUT2D eigenvalue weighted by atomic mass is 10.2. The van der Waals surface area contributed by atoms with Gasteiger partial charge in [0.1, 0.15) is 5.75 Å². The van der Waals surface area contributed by atoms with Gasteiger partial charge in [0.25, 0.3) is 0 Å². The van der Waals surface area contributed by atoms with Crippen LogP contribution < -0.4 is 9.64 Å². The van der Waals surface area contributed by atoms with Gasteiger partial charge in [-0.2, -0.15) is 4.31 Å². The molecule has 2 fully saturated rings. The van der Waals surface area contributed by atoms with E-state index in [-0.39, 0.29) is 0 Å². The maximum atomic E-state index is 12.8. The van der Waals surface area contributed by atoms with Crippen LogP contribution in [-0.2, 0) is 14.8 Å². The van der Waals surface area contributed by atoms with Crippen molar-refractivity contribution in [3.63, 3.8) is 0 Å². The molecule has 6 nitrogen and oxygen atoms in total. The Morgan fingerprint density at radius 3 is 2.41 bits per heavy atom. The van der Waals surface area contributed by atoms with E-state index in [2.05, 4.69) is 4.90 Å². The van der Waals surface area contributed by atoms with E-state index in [4.69, 9.17) is 9.47 Å². The summed E-state index contributed by atoms with van der Waals surface area (Å²) in [7, 11) is -1.85. The molecule has 1 aromatic carbocycles. The van der Waals surface area contributed by atoms with E-state index in [1.165, 1.54) is 4.31 Å². The smallest absolute Gasteiger partial charge is 0.243 e. The van der Waals surface area contributed by atoms with Crippen molar-refractivity contribution >= 4 is 15.7 Å². The monoisotopic (exact) mass is 326 g/mol. The summed E-state index contributed by atoms with van der Waals surface area (Å²) in [5, 5.41) is 0. The molecule has 0 unspecified atom stereocenters. The Morgan fingerprint density at radius 1 is 1.09 bits per heavy atom. The van der Waals surface area contributed by atoms with Gasteiger partial charge in [0.15, 0.2) is 0 Å². The number of hydrogen-bond acceptors (Lipinski definition) is 5. The highest BCUT2D eigenvalue weighted by Gasteiger charge is 2.28. The van der Waals surface area contributed by atoms with Crippen molar-refractivity contribution < 1.29 is 17.9 Å². The fourth-order valence-corrected chi connectivity index (χ4v) is 4.40. The lowest BCUT2D eigenvalue weighted by Gasteiger charge is -2.27. The topological polar surface area (TPSA) is 59.1 Å². The van der Waals surface area contributed by atoms with E-state index in [1.54, 1.807) is 25.3 Å². The van der Waals surface area contributed by atoms with Crippen LogP contribution in [0.25, 0.3) is 0 Å². The lowest BCUT2D eigenvalue weighted by Crippen LogP contribution is -2.40. The maximum absolute atomic E-state index is 12.8. The number of anilines is 1. The Hall–Kier alpha value is -1.31. The molecular weight excluding hydrogens is 304 g/mol. The molecule has 7 heteroatoms. The van der Waals surface area contributed by atoms with Crippen molar-refractivity contribution in [2.75, 3.05) is 51.4 Å². The van der Waals surface area contributed by atoms with Crippen LogP contribution in [0.4, 0.5) is 5.69 Å². The van der Waals surface area contributed by atoms with Crippen LogP contribution in [0.3, 0.4) is 0 Å². The summed E-state index contributed by atoms with van der Waals surface area (Å²) < 4.78 is 37.7. The van der Waals surface area contributed by atoms with Gasteiger partial charge in [0.2, 0.25) is 10.0 Å². The van der Waals surface area contributed by atoms with Crippen molar-refractivity contribution in [1.29, 1.82) is 0 Å². The molecule has 0 amide bonds. The van der Waals surface area contributed by atoms with E-state index < -0.39 is 10.0 Å². The van der Waals surface area contributed by atoms with Gasteiger partial charge < -0.3 is 14.4 Å². The third kappa shape index (κ3) is 2.93. The summed E-state index contributed by atoms with van der Waals surface area (Å²) in [5.41, 5.74) is 0.870. The molecule has 22 heavy (non-hydrogen) atoms. The predicted octanol–water partition coefficient (Wildman–Crippen LogP) is 1.32. The summed E-state index contributed by atoms with van der Waals surface area (Å²) >= 11 is 0. The van der Waals surface area contributed by atoms with Crippen molar-refractivity contribution in [3.8, 4) is 5.75 Å². The first-order chi connectivity index (χ1) is 10.6. The lowest BCUT2D eigenvalue weighted by molar-refractivity contribution is 0.0730. The molecule has 122 valence electrons. The number of nitrogens with zero attached hydrogens (tertiary/aromatic N) is 2. The number of sulfonamides is 1. The molecule has 3 rings (SSSR count). The van der Waals surface area contributed by atoms with Gasteiger partial charge in [0, 0.05) is 26.2 Å². The van der Waals surface area contributed by atoms with Crippen LogP contribution >= 0.6 is 0 Å². The Kier molecular flexibility index (Phi) is 4.56. The SMILES string of the molecule is COc1ccc(S(=O)(=O)N2CCOCC2)cc1N1CCCC1. The van der Waals surface area contributed by atoms with Crippen molar-refractivity contribution in [3.05, 3.63) is 18.2 Å². The fourth-order valence-electron chi connectivity index (χ4n) is 2.97. The molecule has 0 atom stereocenters. The van der Waals surface area contributed by atoms with E-state index >= 15 is 0 Å². The summed E-state index contributed by atoms with van der Waals surface area (Å²) in [6.45, 7) is 3.61. The molecule has 0 N–H and O–H groups in total. The number of methoxy groups -OCH3 is 1. The standard InChI is InChI=1S/C15H22N2O4S/c1-20-15-5-4-13(12-14(15)16-6-2-3-7-16)22(18,19)17-8-10-21-11-9-17/h4-5,12H,2-3,6-11H2,1H3. The number of benzene rings is 1. The highest BCUT2D eigenvalue weighted by Crippen LogP contribution is 2.34. The van der Waals surface area contributed by atoms with E-state index in [0.717, 1.165) is 37.4 Å². The van der Waals surface area contributed by atoms with Gasteiger partial charge in [-0.1, -0.05) is 0 Å². The third-order valence-corrected chi connectivity index (χ3v) is 6.10. The summed E-state index contributed by atoms with van der Waals surface area (Å²) in [4.78, 5) is 2.52. The first-order valence-electron chi connectivity index (χ1n) is 7.64. The third-order valence-electron chi connectivity index (χ3n) is 4.20. The van der Waals surface area contributed by atoms with E-state index in [0.29, 0.717) is 31.2 Å². The molecule has 0 aliphatic carbocycles. The molecule has 0 spiro atoms. The second-order valence-electron chi connectivity index (χ2n) is 5.54. The van der Waals surface area contributed by atoms with Crippen LogP contribution in [0, 0.1) is 0 Å². The number of morpholine rings is 1.